The molecule has 4 bridgehead atoms. The topological polar surface area (TPSA) is 52.6 Å². The highest BCUT2D eigenvalue weighted by Crippen LogP contribution is 2.66. The van der Waals surface area contributed by atoms with Gasteiger partial charge < -0.3 is 9.47 Å². The van der Waals surface area contributed by atoms with Gasteiger partial charge in [0.15, 0.2) is 0 Å². The zero-order valence-corrected chi connectivity index (χ0v) is 30.2. The highest BCUT2D eigenvalue weighted by atomic mass is 16.6. The number of esters is 2. The lowest BCUT2D eigenvalue weighted by molar-refractivity contribution is -0.211. The Bertz CT molecular complexity index is 987. The minimum absolute atomic E-state index is 0.0125. The minimum atomic E-state index is -0.450. The summed E-state index contributed by atoms with van der Waals surface area (Å²) in [4.78, 5) is 26.9. The van der Waals surface area contributed by atoms with Crippen molar-refractivity contribution in [3.63, 3.8) is 0 Å². The molecule has 0 N–H and O–H groups in total. The van der Waals surface area contributed by atoms with E-state index >= 15 is 0 Å². The summed E-state index contributed by atoms with van der Waals surface area (Å²) in [5.74, 6) is 3.13. The van der Waals surface area contributed by atoms with Gasteiger partial charge in [-0.1, -0.05) is 76.2 Å². The summed E-state index contributed by atoms with van der Waals surface area (Å²) in [6.45, 7) is 27.1. The van der Waals surface area contributed by atoms with Crippen LogP contribution >= 0.6 is 0 Å². The molecule has 5 saturated carbocycles. The Balaban J connectivity index is 1.54. The first kappa shape index (κ1) is 34.8. The van der Waals surface area contributed by atoms with E-state index in [0.29, 0.717) is 29.6 Å². The SMILES string of the molecule is CCC(C)C(=O)OC12CC3CC(CC(CC(C)(C)C4CC(OC(=O)C(C)(CC(C)C)C(C)C)CC(C(C)(C)C)C4)(C3)C1)C2. The van der Waals surface area contributed by atoms with Crippen molar-refractivity contribution in [3.05, 3.63) is 0 Å². The fourth-order valence-electron chi connectivity index (χ4n) is 10.7. The van der Waals surface area contributed by atoms with E-state index in [0.717, 1.165) is 44.9 Å². The molecular formula is C39H68O4. The van der Waals surface area contributed by atoms with Crippen molar-refractivity contribution in [3.8, 4) is 0 Å². The van der Waals surface area contributed by atoms with Crippen LogP contribution in [-0.2, 0) is 19.1 Å². The summed E-state index contributed by atoms with van der Waals surface area (Å²) in [7, 11) is 0. The zero-order chi connectivity index (χ0) is 32.2. The fourth-order valence-corrected chi connectivity index (χ4v) is 10.7. The third-order valence-electron chi connectivity index (χ3n) is 13.1. The monoisotopic (exact) mass is 601 g/mol. The maximum atomic E-state index is 13.9. The number of hydrogen-bond donors (Lipinski definition) is 0. The van der Waals surface area contributed by atoms with Crippen LogP contribution < -0.4 is 0 Å². The molecule has 0 aliphatic heterocycles. The molecule has 7 atom stereocenters. The molecule has 7 unspecified atom stereocenters. The minimum Gasteiger partial charge on any atom is -0.462 e. The molecule has 43 heavy (non-hydrogen) atoms. The van der Waals surface area contributed by atoms with Crippen molar-refractivity contribution in [1.82, 2.24) is 0 Å². The van der Waals surface area contributed by atoms with Crippen molar-refractivity contribution in [2.75, 3.05) is 0 Å². The normalized spacial score (nSPS) is 36.5. The molecular weight excluding hydrogens is 532 g/mol. The van der Waals surface area contributed by atoms with E-state index in [1.165, 1.54) is 32.1 Å². The quantitative estimate of drug-likeness (QED) is 0.221. The Morgan fingerprint density at radius 2 is 1.40 bits per heavy atom. The molecule has 5 rings (SSSR count). The van der Waals surface area contributed by atoms with Crippen molar-refractivity contribution in [2.24, 2.45) is 63.1 Å². The maximum Gasteiger partial charge on any atom is 0.312 e. The summed E-state index contributed by atoms with van der Waals surface area (Å²) < 4.78 is 13.1. The van der Waals surface area contributed by atoms with Gasteiger partial charge in [-0.25, -0.2) is 0 Å². The summed E-state index contributed by atoms with van der Waals surface area (Å²) in [5.41, 5.74) is -0.127. The van der Waals surface area contributed by atoms with Crippen LogP contribution in [0.5, 0.6) is 0 Å². The summed E-state index contributed by atoms with van der Waals surface area (Å²) >= 11 is 0. The fraction of sp³-hybridized carbons (Fsp3) is 0.949. The average molecular weight is 601 g/mol. The standard InChI is InChI=1S/C39H68O4/c1-13-27(6)33(40)43-39-21-28-14-29(22-39)20-38(19-28,24-39)23-36(10,11)31-15-30(35(7,8)9)16-32(17-31)42-34(41)37(12,26(4)5)18-25(2)3/h25-32H,13-24H2,1-12H3. The lowest BCUT2D eigenvalue weighted by Gasteiger charge is -2.63. The molecule has 248 valence electrons. The number of carbonyl (C=O) groups is 2. The Hall–Kier alpha value is -1.06. The van der Waals surface area contributed by atoms with E-state index in [9.17, 15) is 9.59 Å². The third kappa shape index (κ3) is 7.51. The lowest BCUT2D eigenvalue weighted by Crippen LogP contribution is -2.58. The Morgan fingerprint density at radius 3 is 1.91 bits per heavy atom. The number of ether oxygens (including phenoxy) is 2. The molecule has 0 aromatic heterocycles. The number of hydrogen-bond acceptors (Lipinski definition) is 4. The highest BCUT2D eigenvalue weighted by molar-refractivity contribution is 5.77. The van der Waals surface area contributed by atoms with Gasteiger partial charge in [-0.3, -0.25) is 9.59 Å². The second-order valence-electron chi connectivity index (χ2n) is 19.2. The van der Waals surface area contributed by atoms with Gasteiger partial charge in [0.05, 0.1) is 11.3 Å². The van der Waals surface area contributed by atoms with Gasteiger partial charge >= 0.3 is 11.9 Å². The molecule has 5 fully saturated rings. The predicted octanol–water partition coefficient (Wildman–Crippen LogP) is 10.4. The first-order valence-electron chi connectivity index (χ1n) is 18.2. The van der Waals surface area contributed by atoms with Gasteiger partial charge in [0, 0.05) is 0 Å². The zero-order valence-electron chi connectivity index (χ0n) is 30.2. The van der Waals surface area contributed by atoms with Crippen LogP contribution in [0.2, 0.25) is 0 Å². The van der Waals surface area contributed by atoms with Crippen LogP contribution in [0.4, 0.5) is 0 Å². The maximum absolute atomic E-state index is 13.9. The smallest absolute Gasteiger partial charge is 0.312 e. The van der Waals surface area contributed by atoms with Gasteiger partial charge in [0.2, 0.25) is 0 Å². The van der Waals surface area contributed by atoms with Crippen molar-refractivity contribution in [1.29, 1.82) is 0 Å². The van der Waals surface area contributed by atoms with E-state index < -0.39 is 5.41 Å². The van der Waals surface area contributed by atoms with Gasteiger partial charge in [-0.2, -0.15) is 0 Å². The lowest BCUT2D eigenvalue weighted by atomic mass is 9.44. The van der Waals surface area contributed by atoms with Crippen LogP contribution in [0.1, 0.15) is 160 Å². The summed E-state index contributed by atoms with van der Waals surface area (Å²) in [6, 6.07) is 0. The van der Waals surface area contributed by atoms with Crippen molar-refractivity contribution < 1.29 is 19.1 Å². The summed E-state index contributed by atoms with van der Waals surface area (Å²) in [5, 5.41) is 0. The molecule has 4 nitrogen and oxygen atoms in total. The van der Waals surface area contributed by atoms with Crippen LogP contribution in [0.15, 0.2) is 0 Å². The highest BCUT2D eigenvalue weighted by Gasteiger charge is 2.61. The summed E-state index contributed by atoms with van der Waals surface area (Å²) in [6.07, 6.45) is 13.1. The van der Waals surface area contributed by atoms with E-state index in [2.05, 4.69) is 76.2 Å². The molecule has 5 aliphatic rings. The average Bonchev–Trinajstić information content (AvgIpc) is 2.85. The predicted molar refractivity (Wildman–Crippen MR) is 176 cm³/mol. The van der Waals surface area contributed by atoms with Crippen LogP contribution in [0.3, 0.4) is 0 Å². The van der Waals surface area contributed by atoms with Crippen molar-refractivity contribution >= 4 is 11.9 Å². The van der Waals surface area contributed by atoms with Crippen molar-refractivity contribution in [2.45, 2.75) is 172 Å². The van der Waals surface area contributed by atoms with Gasteiger partial charge in [-0.05, 0) is 136 Å². The molecule has 5 aliphatic carbocycles. The van der Waals surface area contributed by atoms with Crippen LogP contribution in [0.25, 0.3) is 0 Å². The molecule has 0 amide bonds. The number of carbonyl (C=O) groups excluding carboxylic acids is 2. The second kappa shape index (κ2) is 12.3. The third-order valence-corrected chi connectivity index (χ3v) is 13.1. The molecule has 0 radical (unpaired) electrons. The van der Waals surface area contributed by atoms with E-state index in [-0.39, 0.29) is 51.7 Å². The van der Waals surface area contributed by atoms with Gasteiger partial charge in [0.25, 0.3) is 0 Å². The van der Waals surface area contributed by atoms with Crippen LogP contribution in [0, 0.1) is 63.1 Å². The van der Waals surface area contributed by atoms with Gasteiger partial charge in [-0.15, -0.1) is 0 Å². The first-order chi connectivity index (χ1) is 19.7. The largest absolute Gasteiger partial charge is 0.462 e. The molecule has 0 saturated heterocycles. The Kier molecular flexibility index (Phi) is 9.94. The Labute approximate surface area is 265 Å². The second-order valence-corrected chi connectivity index (χ2v) is 19.2. The Morgan fingerprint density at radius 1 is 0.814 bits per heavy atom. The van der Waals surface area contributed by atoms with E-state index in [1.807, 2.05) is 6.92 Å². The molecule has 0 spiro atoms. The molecule has 4 heteroatoms. The van der Waals surface area contributed by atoms with Crippen LogP contribution in [-0.4, -0.2) is 23.6 Å². The molecule has 0 aromatic carbocycles. The molecule has 0 heterocycles. The number of rotatable bonds is 11. The van der Waals surface area contributed by atoms with E-state index in [4.69, 9.17) is 9.47 Å². The first-order valence-corrected chi connectivity index (χ1v) is 18.2. The molecule has 0 aromatic rings. The van der Waals surface area contributed by atoms with E-state index in [1.54, 1.807) is 0 Å². The van der Waals surface area contributed by atoms with Gasteiger partial charge in [0.1, 0.15) is 11.7 Å².